The van der Waals surface area contributed by atoms with Crippen molar-refractivity contribution in [2.24, 2.45) is 5.84 Å². The quantitative estimate of drug-likeness (QED) is 0.401. The Bertz CT molecular complexity index is 504. The Morgan fingerprint density at radius 2 is 2.20 bits per heavy atom. The van der Waals surface area contributed by atoms with Crippen LogP contribution in [0.1, 0.15) is 24.2 Å². The SMILES string of the molecule is CC(C)N(CCO)C(=O)c1ccc([N+](=O)[O-])c(NN)c1. The Balaban J connectivity index is 3.13. The smallest absolute Gasteiger partial charge is 0.293 e. The van der Waals surface area contributed by atoms with Crippen molar-refractivity contribution in [3.63, 3.8) is 0 Å². The standard InChI is InChI=1S/C12H18N4O4/c1-8(2)15(5-6-17)12(18)9-3-4-11(16(19)20)10(7-9)14-13/h3-4,7-8,14,17H,5-6,13H2,1-2H3. The average Bonchev–Trinajstić information content (AvgIpc) is 2.42. The molecule has 20 heavy (non-hydrogen) atoms. The number of aliphatic hydroxyl groups excluding tert-OH is 1. The highest BCUT2D eigenvalue weighted by molar-refractivity contribution is 5.96. The summed E-state index contributed by atoms with van der Waals surface area (Å²) < 4.78 is 0. The number of nitrogens with zero attached hydrogens (tertiary/aromatic N) is 2. The normalized spacial score (nSPS) is 10.4. The zero-order valence-corrected chi connectivity index (χ0v) is 11.4. The van der Waals surface area contributed by atoms with E-state index in [4.69, 9.17) is 10.9 Å². The van der Waals surface area contributed by atoms with Crippen LogP contribution in [0.2, 0.25) is 0 Å². The topological polar surface area (TPSA) is 122 Å². The average molecular weight is 282 g/mol. The zero-order chi connectivity index (χ0) is 15.3. The Labute approximate surface area is 116 Å². The second-order valence-electron chi connectivity index (χ2n) is 4.45. The number of rotatable bonds is 6. The number of nitrogens with two attached hydrogens (primary N) is 1. The molecule has 0 aliphatic carbocycles. The molecule has 0 unspecified atom stereocenters. The lowest BCUT2D eigenvalue weighted by atomic mass is 10.1. The molecular formula is C12H18N4O4. The molecule has 0 saturated heterocycles. The summed E-state index contributed by atoms with van der Waals surface area (Å²) in [6.45, 7) is 3.68. The Kier molecular flexibility index (Phi) is 5.42. The van der Waals surface area contributed by atoms with Crippen molar-refractivity contribution in [1.29, 1.82) is 0 Å². The predicted octanol–water partition coefficient (Wildman–Crippen LogP) is 0.723. The van der Waals surface area contributed by atoms with E-state index in [-0.39, 0.29) is 42.0 Å². The van der Waals surface area contributed by atoms with Crippen LogP contribution < -0.4 is 11.3 Å². The molecule has 0 heterocycles. The number of carbonyl (C=O) groups excluding carboxylic acids is 1. The van der Waals surface area contributed by atoms with Crippen LogP contribution in [-0.4, -0.2) is 40.0 Å². The summed E-state index contributed by atoms with van der Waals surface area (Å²) in [4.78, 5) is 24.0. The highest BCUT2D eigenvalue weighted by Crippen LogP contribution is 2.25. The van der Waals surface area contributed by atoms with Gasteiger partial charge in [-0.2, -0.15) is 0 Å². The minimum atomic E-state index is -0.586. The molecule has 0 radical (unpaired) electrons. The van der Waals surface area contributed by atoms with Crippen LogP contribution in [0, 0.1) is 10.1 Å². The van der Waals surface area contributed by atoms with Gasteiger partial charge in [0.25, 0.3) is 11.6 Å². The first kappa shape index (κ1) is 15.9. The molecule has 0 atom stereocenters. The van der Waals surface area contributed by atoms with E-state index >= 15 is 0 Å². The maximum Gasteiger partial charge on any atom is 0.293 e. The van der Waals surface area contributed by atoms with Gasteiger partial charge in [0, 0.05) is 24.2 Å². The highest BCUT2D eigenvalue weighted by Gasteiger charge is 2.21. The van der Waals surface area contributed by atoms with Gasteiger partial charge in [-0.25, -0.2) is 0 Å². The number of anilines is 1. The van der Waals surface area contributed by atoms with Crippen molar-refractivity contribution in [3.05, 3.63) is 33.9 Å². The molecule has 0 spiro atoms. The number of carbonyl (C=O) groups is 1. The Morgan fingerprint density at radius 3 is 2.65 bits per heavy atom. The number of nitrogens with one attached hydrogen (secondary N) is 1. The predicted molar refractivity (Wildman–Crippen MR) is 74.2 cm³/mol. The minimum Gasteiger partial charge on any atom is -0.395 e. The van der Waals surface area contributed by atoms with E-state index in [9.17, 15) is 14.9 Å². The molecule has 0 bridgehead atoms. The third-order valence-corrected chi connectivity index (χ3v) is 2.82. The van der Waals surface area contributed by atoms with Crippen LogP contribution in [0.15, 0.2) is 18.2 Å². The van der Waals surface area contributed by atoms with Gasteiger partial charge in [-0.05, 0) is 26.0 Å². The fourth-order valence-corrected chi connectivity index (χ4v) is 1.81. The van der Waals surface area contributed by atoms with Crippen molar-refractivity contribution in [2.75, 3.05) is 18.6 Å². The van der Waals surface area contributed by atoms with Crippen molar-refractivity contribution in [2.45, 2.75) is 19.9 Å². The van der Waals surface area contributed by atoms with Crippen molar-refractivity contribution < 1.29 is 14.8 Å². The molecular weight excluding hydrogens is 264 g/mol. The van der Waals surface area contributed by atoms with Crippen LogP contribution in [-0.2, 0) is 0 Å². The van der Waals surface area contributed by atoms with Gasteiger partial charge in [-0.1, -0.05) is 0 Å². The van der Waals surface area contributed by atoms with Gasteiger partial charge in [-0.15, -0.1) is 0 Å². The molecule has 0 aliphatic rings. The number of aliphatic hydroxyl groups is 1. The van der Waals surface area contributed by atoms with Crippen molar-refractivity contribution in [3.8, 4) is 0 Å². The van der Waals surface area contributed by atoms with E-state index in [2.05, 4.69) is 5.43 Å². The van der Waals surface area contributed by atoms with Crippen LogP contribution in [0.4, 0.5) is 11.4 Å². The van der Waals surface area contributed by atoms with E-state index in [1.54, 1.807) is 0 Å². The van der Waals surface area contributed by atoms with E-state index in [1.807, 2.05) is 13.8 Å². The van der Waals surface area contributed by atoms with Gasteiger partial charge >= 0.3 is 0 Å². The molecule has 4 N–H and O–H groups in total. The summed E-state index contributed by atoms with van der Waals surface area (Å²) in [5.41, 5.74) is 2.34. The molecule has 110 valence electrons. The third-order valence-electron chi connectivity index (χ3n) is 2.82. The molecule has 1 aromatic carbocycles. The van der Waals surface area contributed by atoms with Gasteiger partial charge in [0.2, 0.25) is 0 Å². The lowest BCUT2D eigenvalue weighted by molar-refractivity contribution is -0.384. The number of hydrazine groups is 1. The van der Waals surface area contributed by atoms with E-state index in [1.165, 1.54) is 23.1 Å². The van der Waals surface area contributed by atoms with Crippen molar-refractivity contribution >= 4 is 17.3 Å². The van der Waals surface area contributed by atoms with Crippen LogP contribution in [0.5, 0.6) is 0 Å². The molecule has 1 rings (SSSR count). The molecule has 0 aromatic heterocycles. The first-order valence-electron chi connectivity index (χ1n) is 6.09. The van der Waals surface area contributed by atoms with Crippen LogP contribution in [0.3, 0.4) is 0 Å². The Hall–Kier alpha value is -2.19. The van der Waals surface area contributed by atoms with E-state index in [0.717, 1.165) is 0 Å². The lowest BCUT2D eigenvalue weighted by Gasteiger charge is -2.26. The number of hydrogen-bond acceptors (Lipinski definition) is 6. The monoisotopic (exact) mass is 282 g/mol. The van der Waals surface area contributed by atoms with Gasteiger partial charge in [0.05, 0.1) is 11.5 Å². The van der Waals surface area contributed by atoms with E-state index in [0.29, 0.717) is 0 Å². The molecule has 0 saturated carbocycles. The molecule has 8 heteroatoms. The molecule has 1 amide bonds. The Morgan fingerprint density at radius 1 is 1.55 bits per heavy atom. The maximum absolute atomic E-state index is 12.3. The summed E-state index contributed by atoms with van der Waals surface area (Å²) in [6.07, 6.45) is 0. The number of hydrogen-bond donors (Lipinski definition) is 3. The first-order valence-corrected chi connectivity index (χ1v) is 6.09. The molecule has 0 aliphatic heterocycles. The van der Waals surface area contributed by atoms with Crippen molar-refractivity contribution in [1.82, 2.24) is 4.90 Å². The summed E-state index contributed by atoms with van der Waals surface area (Å²) >= 11 is 0. The van der Waals surface area contributed by atoms with Gasteiger partial charge in [0.15, 0.2) is 0 Å². The van der Waals surface area contributed by atoms with Gasteiger partial charge < -0.3 is 15.4 Å². The summed E-state index contributed by atoms with van der Waals surface area (Å²) in [6, 6.07) is 3.82. The number of nitrogen functional groups attached to an aromatic ring is 1. The minimum absolute atomic E-state index is 0.0635. The fraction of sp³-hybridized carbons (Fsp3) is 0.417. The van der Waals surface area contributed by atoms with E-state index < -0.39 is 4.92 Å². The summed E-state index contributed by atoms with van der Waals surface area (Å²) in [7, 11) is 0. The van der Waals surface area contributed by atoms with Gasteiger partial charge in [-0.3, -0.25) is 20.8 Å². The number of nitro benzene ring substituents is 1. The summed E-state index contributed by atoms with van der Waals surface area (Å²) in [5.74, 6) is 4.91. The fourth-order valence-electron chi connectivity index (χ4n) is 1.81. The zero-order valence-electron chi connectivity index (χ0n) is 11.4. The largest absolute Gasteiger partial charge is 0.395 e. The number of nitro groups is 1. The number of benzene rings is 1. The third kappa shape index (κ3) is 3.43. The number of amides is 1. The highest BCUT2D eigenvalue weighted by atomic mass is 16.6. The maximum atomic E-state index is 12.3. The molecule has 8 nitrogen and oxygen atoms in total. The second kappa shape index (κ2) is 6.83. The molecule has 0 fully saturated rings. The van der Waals surface area contributed by atoms with Crippen LogP contribution >= 0.6 is 0 Å². The second-order valence-corrected chi connectivity index (χ2v) is 4.45. The van der Waals surface area contributed by atoms with Gasteiger partial charge in [0.1, 0.15) is 5.69 Å². The van der Waals surface area contributed by atoms with Crippen LogP contribution in [0.25, 0.3) is 0 Å². The summed E-state index contributed by atoms with van der Waals surface area (Å²) in [5, 5.41) is 19.8. The molecule has 1 aromatic rings. The first-order chi connectivity index (χ1) is 9.42. The lowest BCUT2D eigenvalue weighted by Crippen LogP contribution is -2.39.